The minimum atomic E-state index is -0.0261. The lowest BCUT2D eigenvalue weighted by molar-refractivity contribution is 0.0952. The molecule has 3 rings (SSSR count). The molecule has 6 heteroatoms. The SMILES string of the molecule is CCOc1ccccc1-c1nc(C)c(C(=O)NCCCN2CCCCC2C)s1. The molecule has 0 bridgehead atoms. The molecule has 1 aliphatic heterocycles. The predicted molar refractivity (Wildman–Crippen MR) is 115 cm³/mol. The van der Waals surface area contributed by atoms with E-state index in [2.05, 4.69) is 22.1 Å². The topological polar surface area (TPSA) is 54.5 Å². The van der Waals surface area contributed by atoms with Crippen LogP contribution in [0.3, 0.4) is 0 Å². The van der Waals surface area contributed by atoms with Crippen LogP contribution in [-0.2, 0) is 0 Å². The number of amides is 1. The maximum Gasteiger partial charge on any atom is 0.263 e. The quantitative estimate of drug-likeness (QED) is 0.661. The molecule has 1 aromatic heterocycles. The van der Waals surface area contributed by atoms with E-state index in [1.165, 1.54) is 37.1 Å². The monoisotopic (exact) mass is 401 g/mol. The Morgan fingerprint density at radius 3 is 2.96 bits per heavy atom. The number of nitrogens with one attached hydrogen (secondary N) is 1. The van der Waals surface area contributed by atoms with Gasteiger partial charge in [0.25, 0.3) is 5.91 Å². The lowest BCUT2D eigenvalue weighted by Crippen LogP contribution is -2.39. The van der Waals surface area contributed by atoms with Crippen molar-refractivity contribution in [2.24, 2.45) is 0 Å². The standard InChI is InChI=1S/C22H31N3O2S/c1-4-27-19-12-6-5-11-18(19)22-24-17(3)20(28-22)21(26)23-13-9-15-25-14-8-7-10-16(25)2/h5-6,11-12,16H,4,7-10,13-15H2,1-3H3,(H,23,26). The second-order valence-electron chi connectivity index (χ2n) is 7.35. The number of benzene rings is 1. The van der Waals surface area contributed by atoms with Crippen molar-refractivity contribution in [1.29, 1.82) is 0 Å². The molecule has 0 spiro atoms. The van der Waals surface area contributed by atoms with Gasteiger partial charge in [-0.15, -0.1) is 11.3 Å². The van der Waals surface area contributed by atoms with Crippen molar-refractivity contribution in [3.05, 3.63) is 34.8 Å². The van der Waals surface area contributed by atoms with Gasteiger partial charge in [0.05, 0.1) is 17.9 Å². The van der Waals surface area contributed by atoms with Gasteiger partial charge in [-0.05, 0) is 58.7 Å². The molecule has 1 fully saturated rings. The van der Waals surface area contributed by atoms with E-state index < -0.39 is 0 Å². The van der Waals surface area contributed by atoms with Crippen molar-refractivity contribution < 1.29 is 9.53 Å². The Labute approximate surface area is 172 Å². The lowest BCUT2D eigenvalue weighted by atomic mass is 10.0. The smallest absolute Gasteiger partial charge is 0.263 e. The van der Waals surface area contributed by atoms with Crippen molar-refractivity contribution in [2.45, 2.75) is 52.5 Å². The molecule has 1 atom stereocenters. The van der Waals surface area contributed by atoms with Crippen LogP contribution < -0.4 is 10.1 Å². The van der Waals surface area contributed by atoms with E-state index in [1.54, 1.807) is 0 Å². The number of ether oxygens (including phenoxy) is 1. The fraction of sp³-hybridized carbons (Fsp3) is 0.545. The summed E-state index contributed by atoms with van der Waals surface area (Å²) in [6.45, 7) is 9.71. The van der Waals surface area contributed by atoms with Crippen LogP contribution in [0.2, 0.25) is 0 Å². The van der Waals surface area contributed by atoms with E-state index in [4.69, 9.17) is 4.74 Å². The lowest BCUT2D eigenvalue weighted by Gasteiger charge is -2.33. The van der Waals surface area contributed by atoms with Crippen molar-refractivity contribution in [3.63, 3.8) is 0 Å². The predicted octanol–water partition coefficient (Wildman–Crippen LogP) is 4.51. The fourth-order valence-corrected chi connectivity index (χ4v) is 4.71. The van der Waals surface area contributed by atoms with E-state index in [0.717, 1.165) is 35.0 Å². The van der Waals surface area contributed by atoms with Crippen LogP contribution in [0.15, 0.2) is 24.3 Å². The van der Waals surface area contributed by atoms with E-state index in [9.17, 15) is 4.79 Å². The molecule has 5 nitrogen and oxygen atoms in total. The van der Waals surface area contributed by atoms with Gasteiger partial charge in [-0.3, -0.25) is 4.79 Å². The van der Waals surface area contributed by atoms with Gasteiger partial charge in [0.2, 0.25) is 0 Å². The molecule has 152 valence electrons. The second kappa shape index (κ2) is 10.0. The number of aromatic nitrogens is 1. The number of nitrogens with zero attached hydrogens (tertiary/aromatic N) is 2. The number of rotatable bonds is 8. The first-order chi connectivity index (χ1) is 13.6. The van der Waals surface area contributed by atoms with Gasteiger partial charge >= 0.3 is 0 Å². The van der Waals surface area contributed by atoms with E-state index in [0.29, 0.717) is 24.1 Å². The maximum atomic E-state index is 12.7. The summed E-state index contributed by atoms with van der Waals surface area (Å²) in [5.74, 6) is 0.781. The van der Waals surface area contributed by atoms with E-state index in [-0.39, 0.29) is 5.91 Å². The largest absolute Gasteiger partial charge is 0.493 e. The number of likely N-dealkylation sites (tertiary alicyclic amines) is 1. The van der Waals surface area contributed by atoms with Gasteiger partial charge in [-0.25, -0.2) is 4.98 Å². The van der Waals surface area contributed by atoms with Crippen molar-refractivity contribution in [3.8, 4) is 16.3 Å². The Hall–Kier alpha value is -1.92. The Bertz CT molecular complexity index is 790. The van der Waals surface area contributed by atoms with Gasteiger partial charge in [-0.2, -0.15) is 0 Å². The first-order valence-corrected chi connectivity index (χ1v) is 11.1. The third kappa shape index (κ3) is 5.11. The third-order valence-corrected chi connectivity index (χ3v) is 6.46. The molecule has 1 N–H and O–H groups in total. The van der Waals surface area contributed by atoms with Crippen molar-refractivity contribution >= 4 is 17.2 Å². The van der Waals surface area contributed by atoms with Gasteiger partial charge < -0.3 is 15.0 Å². The Morgan fingerprint density at radius 2 is 2.18 bits per heavy atom. The molecule has 1 amide bonds. The molecule has 0 aliphatic carbocycles. The first kappa shape index (κ1) is 20.8. The highest BCUT2D eigenvalue weighted by Gasteiger charge is 2.19. The molecule has 2 aromatic rings. The Kier molecular flexibility index (Phi) is 7.45. The fourth-order valence-electron chi connectivity index (χ4n) is 3.70. The van der Waals surface area contributed by atoms with Gasteiger partial charge in [0, 0.05) is 19.1 Å². The molecule has 2 heterocycles. The summed E-state index contributed by atoms with van der Waals surface area (Å²) >= 11 is 1.43. The summed E-state index contributed by atoms with van der Waals surface area (Å²) in [5, 5.41) is 3.90. The zero-order valence-electron chi connectivity index (χ0n) is 17.2. The summed E-state index contributed by atoms with van der Waals surface area (Å²) in [5.41, 5.74) is 1.71. The highest BCUT2D eigenvalue weighted by molar-refractivity contribution is 7.17. The number of hydrogen-bond acceptors (Lipinski definition) is 5. The molecule has 0 saturated carbocycles. The van der Waals surface area contributed by atoms with Crippen LogP contribution in [0.5, 0.6) is 5.75 Å². The molecule has 0 radical (unpaired) electrons. The van der Waals surface area contributed by atoms with Crippen LogP contribution in [0.1, 0.15) is 54.9 Å². The zero-order chi connectivity index (χ0) is 19.9. The summed E-state index contributed by atoms with van der Waals surface area (Å²) in [6.07, 6.45) is 4.91. The molecule has 1 aromatic carbocycles. The molecular formula is C22H31N3O2S. The number of carbonyl (C=O) groups is 1. The molecular weight excluding hydrogens is 370 g/mol. The van der Waals surface area contributed by atoms with Crippen LogP contribution in [0.4, 0.5) is 0 Å². The van der Waals surface area contributed by atoms with Gasteiger partial charge in [0.1, 0.15) is 15.6 Å². The van der Waals surface area contributed by atoms with E-state index in [1.807, 2.05) is 38.1 Å². The van der Waals surface area contributed by atoms with Crippen LogP contribution in [0.25, 0.3) is 10.6 Å². The number of aryl methyl sites for hydroxylation is 1. The molecule has 1 saturated heterocycles. The average molecular weight is 402 g/mol. The van der Waals surface area contributed by atoms with Crippen LogP contribution in [-0.4, -0.2) is 48.1 Å². The normalized spacial score (nSPS) is 17.5. The number of piperidine rings is 1. The van der Waals surface area contributed by atoms with Crippen LogP contribution >= 0.6 is 11.3 Å². The number of thiazole rings is 1. The summed E-state index contributed by atoms with van der Waals surface area (Å²) < 4.78 is 5.71. The first-order valence-electron chi connectivity index (χ1n) is 10.3. The second-order valence-corrected chi connectivity index (χ2v) is 8.35. The summed E-state index contributed by atoms with van der Waals surface area (Å²) in [7, 11) is 0. The van der Waals surface area contributed by atoms with Gasteiger partial charge in [-0.1, -0.05) is 18.6 Å². The zero-order valence-corrected chi connectivity index (χ0v) is 18.0. The molecule has 28 heavy (non-hydrogen) atoms. The highest BCUT2D eigenvalue weighted by Crippen LogP contribution is 2.34. The third-order valence-electron chi connectivity index (χ3n) is 5.27. The van der Waals surface area contributed by atoms with Crippen LogP contribution in [0, 0.1) is 6.92 Å². The van der Waals surface area contributed by atoms with E-state index >= 15 is 0 Å². The summed E-state index contributed by atoms with van der Waals surface area (Å²) in [4.78, 5) is 20.5. The van der Waals surface area contributed by atoms with Crippen molar-refractivity contribution in [2.75, 3.05) is 26.2 Å². The minimum absolute atomic E-state index is 0.0261. The molecule has 1 aliphatic rings. The highest BCUT2D eigenvalue weighted by atomic mass is 32.1. The Balaban J connectivity index is 1.57. The number of carbonyl (C=O) groups excluding carboxylic acids is 1. The van der Waals surface area contributed by atoms with Crippen molar-refractivity contribution in [1.82, 2.24) is 15.2 Å². The average Bonchev–Trinajstić information content (AvgIpc) is 3.08. The number of hydrogen-bond donors (Lipinski definition) is 1. The Morgan fingerprint density at radius 1 is 1.36 bits per heavy atom. The van der Waals surface area contributed by atoms with Gasteiger partial charge in [0.15, 0.2) is 0 Å². The summed E-state index contributed by atoms with van der Waals surface area (Å²) in [6, 6.07) is 8.52. The number of para-hydroxylation sites is 1. The molecule has 1 unspecified atom stereocenters. The maximum absolute atomic E-state index is 12.7. The minimum Gasteiger partial charge on any atom is -0.493 e.